The van der Waals surface area contributed by atoms with Crippen molar-refractivity contribution in [2.45, 2.75) is 32.0 Å². The number of methoxy groups -OCH3 is 2. The molecule has 1 aromatic heterocycles. The minimum atomic E-state index is -0.0502. The van der Waals surface area contributed by atoms with Crippen LogP contribution in [0.4, 0.5) is 0 Å². The number of amides is 1. The monoisotopic (exact) mass is 366 g/mol. The first-order chi connectivity index (χ1) is 11.7. The third kappa shape index (κ3) is 4.27. The Kier molecular flexibility index (Phi) is 6.33. The molecule has 25 heavy (non-hydrogen) atoms. The number of furan rings is 1. The van der Waals surface area contributed by atoms with Gasteiger partial charge in [0, 0.05) is 11.6 Å². The molecule has 0 bridgehead atoms. The van der Waals surface area contributed by atoms with Crippen LogP contribution >= 0.6 is 12.4 Å². The molecule has 0 radical (unpaired) electrons. The normalized spacial score (nSPS) is 13.1. The second-order valence-electron chi connectivity index (χ2n) is 5.85. The molecule has 1 fully saturated rings. The molecular formula is C18H23ClN2O4. The van der Waals surface area contributed by atoms with E-state index in [0.29, 0.717) is 17.9 Å². The van der Waals surface area contributed by atoms with Crippen molar-refractivity contribution in [2.75, 3.05) is 14.2 Å². The highest BCUT2D eigenvalue weighted by Crippen LogP contribution is 2.33. The van der Waals surface area contributed by atoms with Crippen LogP contribution in [-0.4, -0.2) is 31.1 Å². The van der Waals surface area contributed by atoms with Crippen molar-refractivity contribution in [1.29, 1.82) is 0 Å². The van der Waals surface area contributed by atoms with E-state index in [1.807, 2.05) is 23.1 Å². The van der Waals surface area contributed by atoms with Crippen molar-refractivity contribution in [2.24, 2.45) is 5.73 Å². The fourth-order valence-electron chi connectivity index (χ4n) is 2.71. The van der Waals surface area contributed by atoms with Crippen LogP contribution in [0.3, 0.4) is 0 Å². The summed E-state index contributed by atoms with van der Waals surface area (Å²) < 4.78 is 16.0. The van der Waals surface area contributed by atoms with Gasteiger partial charge >= 0.3 is 0 Å². The molecule has 0 atom stereocenters. The van der Waals surface area contributed by atoms with Crippen molar-refractivity contribution in [3.63, 3.8) is 0 Å². The van der Waals surface area contributed by atoms with Gasteiger partial charge in [0.25, 0.3) is 5.91 Å². The van der Waals surface area contributed by atoms with Gasteiger partial charge in [0.15, 0.2) is 0 Å². The maximum Gasteiger partial charge on any atom is 0.257 e. The van der Waals surface area contributed by atoms with Gasteiger partial charge in [-0.05, 0) is 37.1 Å². The Morgan fingerprint density at radius 3 is 2.60 bits per heavy atom. The number of carbonyl (C=O) groups is 1. The summed E-state index contributed by atoms with van der Waals surface area (Å²) in [5.74, 6) is 2.03. The van der Waals surface area contributed by atoms with Gasteiger partial charge in [-0.3, -0.25) is 4.79 Å². The van der Waals surface area contributed by atoms with Crippen LogP contribution in [0.1, 0.15) is 34.5 Å². The van der Waals surface area contributed by atoms with E-state index in [0.717, 1.165) is 29.9 Å². The largest absolute Gasteiger partial charge is 0.497 e. The fraction of sp³-hybridized carbons (Fsp3) is 0.389. The molecule has 1 amide bonds. The van der Waals surface area contributed by atoms with E-state index in [4.69, 9.17) is 19.6 Å². The van der Waals surface area contributed by atoms with Gasteiger partial charge in [-0.1, -0.05) is 0 Å². The van der Waals surface area contributed by atoms with Crippen molar-refractivity contribution < 1.29 is 18.7 Å². The van der Waals surface area contributed by atoms with Gasteiger partial charge in [-0.15, -0.1) is 12.4 Å². The first kappa shape index (κ1) is 19.1. The summed E-state index contributed by atoms with van der Waals surface area (Å²) in [6.07, 6.45) is 3.50. The van der Waals surface area contributed by atoms with Crippen molar-refractivity contribution in [3.8, 4) is 11.5 Å². The number of nitrogens with two attached hydrogens (primary N) is 1. The average molecular weight is 367 g/mol. The molecule has 0 unspecified atom stereocenters. The van der Waals surface area contributed by atoms with Crippen LogP contribution in [0, 0.1) is 0 Å². The molecule has 1 aromatic carbocycles. The smallest absolute Gasteiger partial charge is 0.257 e. The zero-order chi connectivity index (χ0) is 17.1. The Morgan fingerprint density at radius 2 is 2.04 bits per heavy atom. The van der Waals surface area contributed by atoms with Gasteiger partial charge in [-0.2, -0.15) is 0 Å². The van der Waals surface area contributed by atoms with Gasteiger partial charge < -0.3 is 24.5 Å². The molecule has 0 aliphatic heterocycles. The maximum atomic E-state index is 12.9. The lowest BCUT2D eigenvalue weighted by atomic mass is 10.1. The Bertz CT molecular complexity index is 728. The highest BCUT2D eigenvalue weighted by atomic mass is 35.5. The number of benzene rings is 1. The summed E-state index contributed by atoms with van der Waals surface area (Å²) in [6, 6.07) is 7.57. The fourth-order valence-corrected chi connectivity index (χ4v) is 2.71. The summed E-state index contributed by atoms with van der Waals surface area (Å²) in [5.41, 5.74) is 7.00. The van der Waals surface area contributed by atoms with Crippen LogP contribution < -0.4 is 15.2 Å². The van der Waals surface area contributed by atoms with E-state index in [2.05, 4.69) is 0 Å². The van der Waals surface area contributed by atoms with Gasteiger partial charge in [0.05, 0.1) is 32.9 Å². The molecule has 2 aromatic rings. The highest BCUT2D eigenvalue weighted by molar-refractivity contribution is 5.94. The summed E-state index contributed by atoms with van der Waals surface area (Å²) in [4.78, 5) is 14.7. The molecule has 2 N–H and O–H groups in total. The van der Waals surface area contributed by atoms with Crippen LogP contribution in [0.5, 0.6) is 11.5 Å². The van der Waals surface area contributed by atoms with E-state index in [9.17, 15) is 4.79 Å². The number of halogens is 1. The minimum Gasteiger partial charge on any atom is -0.497 e. The molecule has 136 valence electrons. The highest BCUT2D eigenvalue weighted by Gasteiger charge is 2.34. The van der Waals surface area contributed by atoms with Crippen LogP contribution in [0.15, 0.2) is 34.9 Å². The van der Waals surface area contributed by atoms with E-state index >= 15 is 0 Å². The quantitative estimate of drug-likeness (QED) is 0.815. The average Bonchev–Trinajstić information content (AvgIpc) is 3.34. The molecule has 1 heterocycles. The molecule has 0 spiro atoms. The number of carbonyl (C=O) groups excluding carboxylic acids is 1. The van der Waals surface area contributed by atoms with Crippen LogP contribution in [-0.2, 0) is 13.1 Å². The maximum absolute atomic E-state index is 12.9. The lowest BCUT2D eigenvalue weighted by Gasteiger charge is -2.23. The third-order valence-electron chi connectivity index (χ3n) is 4.18. The Labute approximate surface area is 153 Å². The zero-order valence-corrected chi connectivity index (χ0v) is 15.2. The first-order valence-corrected chi connectivity index (χ1v) is 7.95. The van der Waals surface area contributed by atoms with E-state index in [1.54, 1.807) is 20.3 Å². The molecule has 7 heteroatoms. The number of ether oxygens (including phenoxy) is 2. The van der Waals surface area contributed by atoms with Crippen molar-refractivity contribution >= 4 is 18.3 Å². The number of hydrogen-bond donors (Lipinski definition) is 1. The molecule has 1 saturated carbocycles. The van der Waals surface area contributed by atoms with Crippen LogP contribution in [0.25, 0.3) is 0 Å². The first-order valence-electron chi connectivity index (χ1n) is 7.95. The van der Waals surface area contributed by atoms with Crippen molar-refractivity contribution in [3.05, 3.63) is 47.4 Å². The van der Waals surface area contributed by atoms with Crippen molar-refractivity contribution in [1.82, 2.24) is 4.90 Å². The van der Waals surface area contributed by atoms with Gasteiger partial charge in [0.2, 0.25) is 0 Å². The number of rotatable bonds is 7. The van der Waals surface area contributed by atoms with Crippen LogP contribution in [0.2, 0.25) is 0 Å². The SMILES string of the molecule is COc1ccc(OC)c(CN(C(=O)c2coc(CN)c2)C2CC2)c1.Cl. The Hall–Kier alpha value is -2.18. The summed E-state index contributed by atoms with van der Waals surface area (Å²) in [7, 11) is 3.24. The van der Waals surface area contributed by atoms with Gasteiger partial charge in [0.1, 0.15) is 23.5 Å². The standard InChI is InChI=1S/C18H22N2O4.ClH/c1-22-15-5-6-17(23-2)12(7-15)10-20(14-3-4-14)18(21)13-8-16(9-19)24-11-13;/h5-8,11,14H,3-4,9-10,19H2,1-2H3;1H. The zero-order valence-electron chi connectivity index (χ0n) is 14.4. The molecule has 3 rings (SSSR count). The van der Waals surface area contributed by atoms with E-state index in [-0.39, 0.29) is 30.9 Å². The molecular weight excluding hydrogens is 344 g/mol. The van der Waals surface area contributed by atoms with E-state index < -0.39 is 0 Å². The molecule has 6 nitrogen and oxygen atoms in total. The molecule has 1 aliphatic carbocycles. The second kappa shape index (κ2) is 8.27. The number of nitrogens with zero attached hydrogens (tertiary/aromatic N) is 1. The molecule has 1 aliphatic rings. The molecule has 0 saturated heterocycles. The third-order valence-corrected chi connectivity index (χ3v) is 4.18. The topological polar surface area (TPSA) is 77.9 Å². The number of hydrogen-bond acceptors (Lipinski definition) is 5. The lowest BCUT2D eigenvalue weighted by molar-refractivity contribution is 0.0728. The summed E-state index contributed by atoms with van der Waals surface area (Å²) >= 11 is 0. The summed E-state index contributed by atoms with van der Waals surface area (Å²) in [6.45, 7) is 0.743. The van der Waals surface area contributed by atoms with Gasteiger partial charge in [-0.25, -0.2) is 0 Å². The minimum absolute atomic E-state index is 0. The summed E-state index contributed by atoms with van der Waals surface area (Å²) in [5, 5.41) is 0. The van der Waals surface area contributed by atoms with E-state index in [1.165, 1.54) is 6.26 Å². The predicted octanol–water partition coefficient (Wildman–Crippen LogP) is 2.98. The predicted molar refractivity (Wildman–Crippen MR) is 96.3 cm³/mol. The Morgan fingerprint density at radius 1 is 1.28 bits per heavy atom. The lowest BCUT2D eigenvalue weighted by Crippen LogP contribution is -2.32. The Balaban J connectivity index is 0.00000225. The second-order valence-corrected chi connectivity index (χ2v) is 5.85.